The highest BCUT2D eigenvalue weighted by Crippen LogP contribution is 2.31. The van der Waals surface area contributed by atoms with Crippen LogP contribution in [0.15, 0.2) is 29.4 Å². The van der Waals surface area contributed by atoms with Crippen LogP contribution in [-0.4, -0.2) is 60.7 Å². The molecule has 0 saturated carbocycles. The Morgan fingerprint density at radius 2 is 1.91 bits per heavy atom. The minimum atomic E-state index is -3.54. The van der Waals surface area contributed by atoms with E-state index in [2.05, 4.69) is 15.3 Å². The first-order chi connectivity index (χ1) is 15.8. The van der Waals surface area contributed by atoms with Gasteiger partial charge in [-0.2, -0.15) is 4.98 Å². The van der Waals surface area contributed by atoms with Crippen molar-refractivity contribution in [2.24, 2.45) is 0 Å². The molecule has 1 fully saturated rings. The van der Waals surface area contributed by atoms with E-state index in [4.69, 9.17) is 20.0 Å². The summed E-state index contributed by atoms with van der Waals surface area (Å²) >= 11 is 0. The zero-order valence-corrected chi connectivity index (χ0v) is 20.2. The van der Waals surface area contributed by atoms with Gasteiger partial charge in [-0.3, -0.25) is 0 Å². The number of nitrogen functional groups attached to an aromatic ring is 1. The van der Waals surface area contributed by atoms with Crippen molar-refractivity contribution in [2.45, 2.75) is 50.2 Å². The lowest BCUT2D eigenvalue weighted by atomic mass is 10.1. The summed E-state index contributed by atoms with van der Waals surface area (Å²) in [4.78, 5) is 24.9. The molecule has 0 radical (unpaired) electrons. The summed E-state index contributed by atoms with van der Waals surface area (Å²) in [5.74, 6) is -0.542. The molecule has 0 aliphatic carbocycles. The molecule has 0 bridgehead atoms. The topological polar surface area (TPSA) is 146 Å². The summed E-state index contributed by atoms with van der Waals surface area (Å²) in [6.07, 6.45) is 2.29. The zero-order chi connectivity index (χ0) is 25.1. The molecule has 3 rings (SSSR count). The van der Waals surface area contributed by atoms with Crippen molar-refractivity contribution in [1.29, 1.82) is 0 Å². The van der Waals surface area contributed by atoms with E-state index in [1.165, 1.54) is 23.5 Å². The molecule has 1 aromatic carbocycles. The van der Waals surface area contributed by atoms with Crippen molar-refractivity contribution in [3.8, 4) is 5.88 Å². The third-order valence-electron chi connectivity index (χ3n) is 4.74. The van der Waals surface area contributed by atoms with Gasteiger partial charge in [0.05, 0.1) is 10.6 Å². The highest BCUT2D eigenvalue weighted by atomic mass is 32.2. The molecule has 1 aliphatic heterocycles. The van der Waals surface area contributed by atoms with E-state index >= 15 is 0 Å². The quantitative estimate of drug-likeness (QED) is 0.568. The third kappa shape index (κ3) is 6.90. The largest absolute Gasteiger partial charge is 0.528 e. The van der Waals surface area contributed by atoms with Gasteiger partial charge in [-0.1, -0.05) is 0 Å². The van der Waals surface area contributed by atoms with Gasteiger partial charge in [0.25, 0.3) is 0 Å². The zero-order valence-electron chi connectivity index (χ0n) is 19.4. The number of piperidine rings is 1. The Morgan fingerprint density at radius 3 is 2.50 bits per heavy atom. The molecular weight excluding hydrogens is 469 g/mol. The number of carbonyl (C=O) groups is 1. The second-order valence-electron chi connectivity index (χ2n) is 8.78. The summed E-state index contributed by atoms with van der Waals surface area (Å²) < 4.78 is 48.6. The summed E-state index contributed by atoms with van der Waals surface area (Å²) in [7, 11) is -3.54. The Bertz CT molecular complexity index is 1150. The first-order valence-corrected chi connectivity index (χ1v) is 12.4. The van der Waals surface area contributed by atoms with Gasteiger partial charge in [-0.15, -0.1) is 5.06 Å². The second kappa shape index (κ2) is 9.97. The number of halogens is 1. The van der Waals surface area contributed by atoms with Crippen molar-refractivity contribution in [3.05, 3.63) is 30.3 Å². The lowest BCUT2D eigenvalue weighted by Crippen LogP contribution is -2.40. The Morgan fingerprint density at radius 1 is 1.24 bits per heavy atom. The van der Waals surface area contributed by atoms with Gasteiger partial charge in [0.2, 0.25) is 5.88 Å². The SMILES string of the molecule is CC(C)(C)OC(=O)ON1CCC(Oc2ncnc(Nc3ccc(S(C)(=O)=O)cc3F)c2N)CC1. The van der Waals surface area contributed by atoms with Crippen LogP contribution in [0.25, 0.3) is 0 Å². The van der Waals surface area contributed by atoms with Crippen LogP contribution in [0.2, 0.25) is 0 Å². The number of aromatic nitrogens is 2. The van der Waals surface area contributed by atoms with Gasteiger partial charge in [0.15, 0.2) is 15.7 Å². The van der Waals surface area contributed by atoms with Gasteiger partial charge in [-0.25, -0.2) is 22.6 Å². The third-order valence-corrected chi connectivity index (χ3v) is 5.85. The van der Waals surface area contributed by atoms with E-state index < -0.39 is 27.4 Å². The molecule has 0 unspecified atom stereocenters. The second-order valence-corrected chi connectivity index (χ2v) is 10.8. The van der Waals surface area contributed by atoms with E-state index in [-0.39, 0.29) is 34.1 Å². The minimum absolute atomic E-state index is 0.00338. The predicted octanol–water partition coefficient (Wildman–Crippen LogP) is 3.05. The van der Waals surface area contributed by atoms with E-state index in [0.717, 1.165) is 12.3 Å². The molecule has 1 aliphatic rings. The molecule has 0 atom stereocenters. The van der Waals surface area contributed by atoms with Crippen LogP contribution in [0, 0.1) is 5.82 Å². The van der Waals surface area contributed by atoms with E-state index in [9.17, 15) is 17.6 Å². The summed E-state index contributed by atoms with van der Waals surface area (Å²) in [6, 6.07) is 3.48. The summed E-state index contributed by atoms with van der Waals surface area (Å²) in [5.41, 5.74) is 5.54. The van der Waals surface area contributed by atoms with Crippen LogP contribution < -0.4 is 15.8 Å². The number of nitrogens with zero attached hydrogens (tertiary/aromatic N) is 3. The number of sulfone groups is 1. The molecule has 2 heterocycles. The van der Waals surface area contributed by atoms with Gasteiger partial charge in [0, 0.05) is 32.2 Å². The molecule has 1 aromatic heterocycles. The van der Waals surface area contributed by atoms with E-state index in [0.29, 0.717) is 25.9 Å². The molecule has 1 saturated heterocycles. The summed E-state index contributed by atoms with van der Waals surface area (Å²) in [6.45, 7) is 6.11. The Labute approximate surface area is 197 Å². The first kappa shape index (κ1) is 25.4. The van der Waals surface area contributed by atoms with Gasteiger partial charge >= 0.3 is 6.16 Å². The number of nitrogens with one attached hydrogen (secondary N) is 1. The average molecular weight is 498 g/mol. The minimum Gasteiger partial charge on any atom is -0.473 e. The van der Waals surface area contributed by atoms with Crippen LogP contribution in [0.5, 0.6) is 5.88 Å². The molecule has 34 heavy (non-hydrogen) atoms. The Kier molecular flexibility index (Phi) is 7.46. The van der Waals surface area contributed by atoms with Crippen molar-refractivity contribution in [2.75, 3.05) is 30.4 Å². The van der Waals surface area contributed by atoms with Crippen molar-refractivity contribution < 1.29 is 31.9 Å². The van der Waals surface area contributed by atoms with Gasteiger partial charge < -0.3 is 25.4 Å². The van der Waals surface area contributed by atoms with Gasteiger partial charge in [-0.05, 0) is 39.0 Å². The van der Waals surface area contributed by atoms with Crippen molar-refractivity contribution in [3.63, 3.8) is 0 Å². The fraction of sp³-hybridized carbons (Fsp3) is 0.476. The Balaban J connectivity index is 1.60. The lowest BCUT2D eigenvalue weighted by molar-refractivity contribution is -0.158. The fourth-order valence-corrected chi connectivity index (χ4v) is 3.73. The van der Waals surface area contributed by atoms with E-state index in [1.54, 1.807) is 20.8 Å². The number of benzene rings is 1. The van der Waals surface area contributed by atoms with Crippen LogP contribution >= 0.6 is 0 Å². The standard InChI is InChI=1S/C21H28FN5O6S/c1-21(2,3)32-20(28)33-27-9-7-13(8-10-27)31-19-17(23)18(24-12-25-19)26-16-6-5-14(11-15(16)22)34(4,29)30/h5-6,11-13H,7-10,23H2,1-4H3,(H,24,25,26). The first-order valence-electron chi connectivity index (χ1n) is 10.5. The molecule has 11 nitrogen and oxygen atoms in total. The number of ether oxygens (including phenoxy) is 2. The van der Waals surface area contributed by atoms with Crippen LogP contribution in [0.4, 0.5) is 26.4 Å². The molecule has 13 heteroatoms. The number of rotatable bonds is 6. The predicted molar refractivity (Wildman–Crippen MR) is 122 cm³/mol. The highest BCUT2D eigenvalue weighted by molar-refractivity contribution is 7.90. The Hall–Kier alpha value is -3.19. The maximum absolute atomic E-state index is 14.4. The van der Waals surface area contributed by atoms with Crippen LogP contribution in [0.3, 0.4) is 0 Å². The number of anilines is 3. The molecule has 2 aromatic rings. The number of hydroxylamine groups is 2. The monoisotopic (exact) mass is 497 g/mol. The number of nitrogens with two attached hydrogens (primary N) is 1. The van der Waals surface area contributed by atoms with Crippen LogP contribution in [0.1, 0.15) is 33.6 Å². The highest BCUT2D eigenvalue weighted by Gasteiger charge is 2.27. The fourth-order valence-electron chi connectivity index (χ4n) is 3.10. The molecule has 3 N–H and O–H groups in total. The number of hydrogen-bond donors (Lipinski definition) is 2. The van der Waals surface area contributed by atoms with Gasteiger partial charge in [0.1, 0.15) is 29.5 Å². The summed E-state index contributed by atoms with van der Waals surface area (Å²) in [5, 5.41) is 4.25. The van der Waals surface area contributed by atoms with Crippen molar-refractivity contribution in [1.82, 2.24) is 15.0 Å². The number of carbonyl (C=O) groups excluding carboxylic acids is 1. The smallest absolute Gasteiger partial charge is 0.473 e. The van der Waals surface area contributed by atoms with Crippen molar-refractivity contribution >= 4 is 33.2 Å². The lowest BCUT2D eigenvalue weighted by Gasteiger charge is -2.31. The average Bonchev–Trinajstić information content (AvgIpc) is 2.71. The molecule has 0 amide bonds. The number of hydrogen-bond acceptors (Lipinski definition) is 11. The maximum Gasteiger partial charge on any atom is 0.528 e. The van der Waals surface area contributed by atoms with E-state index in [1.807, 2.05) is 0 Å². The van der Waals surface area contributed by atoms with Crippen LogP contribution in [-0.2, 0) is 19.4 Å². The normalized spacial score (nSPS) is 15.6. The molecular formula is C21H28FN5O6S. The maximum atomic E-state index is 14.4. The molecule has 186 valence electrons. The molecule has 0 spiro atoms.